The van der Waals surface area contributed by atoms with E-state index in [1.54, 1.807) is 6.92 Å². The number of likely N-dealkylation sites (tertiary alicyclic amines) is 1. The number of aliphatic carboxylic acids is 1. The number of ether oxygens (including phenoxy) is 3. The first-order valence-corrected chi connectivity index (χ1v) is 17.7. The standard InChI is InChI=1S/C35H56N2O7/c1-23(38)43-33-29(37(4)16-6-5-7-17-37)21-27-25-9-8-24-20-30(44-32(41)11-10-31(39)40)28(36-14-18-42-19-15-36)22-35(24,3)26(25)12-13-34(27,33)2/h24-30,33H,5-22H2,1-4H3/p+1/t24-,25?,26?,27?,28-,29-,30-,33-,34-,35-/m0/s1. The molecule has 0 aromatic rings. The van der Waals surface area contributed by atoms with E-state index in [1.807, 2.05) is 0 Å². The largest absolute Gasteiger partial charge is 0.481 e. The van der Waals surface area contributed by atoms with Gasteiger partial charge in [0.25, 0.3) is 0 Å². The highest BCUT2D eigenvalue weighted by Crippen LogP contribution is 2.67. The van der Waals surface area contributed by atoms with Crippen molar-refractivity contribution >= 4 is 17.9 Å². The molecule has 1 N–H and O–H groups in total. The minimum atomic E-state index is -0.966. The van der Waals surface area contributed by atoms with E-state index in [1.165, 1.54) is 38.8 Å². The summed E-state index contributed by atoms with van der Waals surface area (Å²) in [5.74, 6) is 0.780. The highest BCUT2D eigenvalue weighted by molar-refractivity contribution is 5.76. The monoisotopic (exact) mass is 617 g/mol. The molecule has 44 heavy (non-hydrogen) atoms. The van der Waals surface area contributed by atoms with Gasteiger partial charge in [-0.15, -0.1) is 0 Å². The van der Waals surface area contributed by atoms with Crippen LogP contribution in [-0.4, -0.2) is 103 Å². The van der Waals surface area contributed by atoms with Crippen molar-refractivity contribution in [2.24, 2.45) is 34.5 Å². The molecule has 3 unspecified atom stereocenters. The summed E-state index contributed by atoms with van der Waals surface area (Å²) >= 11 is 0. The fourth-order valence-corrected chi connectivity index (χ4v) is 11.6. The van der Waals surface area contributed by atoms with Crippen molar-refractivity contribution in [3.05, 3.63) is 0 Å². The van der Waals surface area contributed by atoms with Crippen LogP contribution in [0.15, 0.2) is 0 Å². The topological polar surface area (TPSA) is 102 Å². The smallest absolute Gasteiger partial charge is 0.306 e. The number of likely N-dealkylation sites (N-methyl/N-ethyl adjacent to an activating group) is 1. The molecule has 0 amide bonds. The molecule has 0 radical (unpaired) electrons. The van der Waals surface area contributed by atoms with Gasteiger partial charge in [-0.05, 0) is 86.9 Å². The zero-order valence-electron chi connectivity index (χ0n) is 27.6. The average molecular weight is 618 g/mol. The van der Waals surface area contributed by atoms with E-state index in [4.69, 9.17) is 19.3 Å². The van der Waals surface area contributed by atoms with Gasteiger partial charge < -0.3 is 23.8 Å². The summed E-state index contributed by atoms with van der Waals surface area (Å²) < 4.78 is 19.2. The van der Waals surface area contributed by atoms with E-state index in [-0.39, 0.29) is 53.9 Å². The average Bonchev–Trinajstić information content (AvgIpc) is 3.29. The van der Waals surface area contributed by atoms with Gasteiger partial charge in [0.2, 0.25) is 0 Å². The van der Waals surface area contributed by atoms with Crippen molar-refractivity contribution in [2.75, 3.05) is 46.4 Å². The van der Waals surface area contributed by atoms with Crippen LogP contribution in [0.25, 0.3) is 0 Å². The zero-order valence-corrected chi connectivity index (χ0v) is 27.6. The van der Waals surface area contributed by atoms with Crippen molar-refractivity contribution in [3.8, 4) is 0 Å². The fourth-order valence-electron chi connectivity index (χ4n) is 11.6. The molecule has 6 fully saturated rings. The van der Waals surface area contributed by atoms with Crippen LogP contribution in [0.3, 0.4) is 0 Å². The molecular formula is C35H57N2O7+. The number of nitrogens with zero attached hydrogens (tertiary/aromatic N) is 2. The molecule has 0 aromatic carbocycles. The molecule has 4 aliphatic carbocycles. The maximum Gasteiger partial charge on any atom is 0.306 e. The van der Waals surface area contributed by atoms with Gasteiger partial charge >= 0.3 is 17.9 Å². The Morgan fingerprint density at radius 1 is 0.932 bits per heavy atom. The second kappa shape index (κ2) is 12.5. The van der Waals surface area contributed by atoms with Crippen LogP contribution in [0.4, 0.5) is 0 Å². The number of carboxylic acids is 1. The first-order valence-electron chi connectivity index (χ1n) is 17.7. The number of hydrogen-bond acceptors (Lipinski definition) is 7. The Hall–Kier alpha value is -1.71. The van der Waals surface area contributed by atoms with Gasteiger partial charge in [0.15, 0.2) is 6.10 Å². The third-order valence-corrected chi connectivity index (χ3v) is 13.9. The maximum absolute atomic E-state index is 12.8. The normalized spacial score (nSPS) is 43.6. The Morgan fingerprint density at radius 3 is 2.34 bits per heavy atom. The number of fused-ring (bicyclic) bond motifs is 5. The summed E-state index contributed by atoms with van der Waals surface area (Å²) in [6, 6.07) is 0.504. The van der Waals surface area contributed by atoms with E-state index in [2.05, 4.69) is 25.8 Å². The molecule has 2 aliphatic heterocycles. The predicted molar refractivity (Wildman–Crippen MR) is 165 cm³/mol. The molecule has 2 heterocycles. The highest BCUT2D eigenvalue weighted by atomic mass is 16.5. The van der Waals surface area contributed by atoms with Crippen molar-refractivity contribution in [1.29, 1.82) is 0 Å². The molecule has 10 atom stereocenters. The van der Waals surface area contributed by atoms with Gasteiger partial charge in [-0.2, -0.15) is 0 Å². The van der Waals surface area contributed by atoms with E-state index in [0.717, 1.165) is 56.1 Å². The lowest BCUT2D eigenvalue weighted by atomic mass is 9.44. The van der Waals surface area contributed by atoms with Crippen LogP contribution >= 0.6 is 0 Å². The number of esters is 2. The SMILES string of the molecule is CC(=O)O[C@H]1[C@@H]([N+]2(C)CCCCC2)CC2C3CC[C@H]4C[C@H](OC(=O)CCC(=O)O)[C@@H](N5CCOCC5)C[C@]4(C)C3CC[C@@]21C. The van der Waals surface area contributed by atoms with Crippen LogP contribution in [0, 0.1) is 34.5 Å². The van der Waals surface area contributed by atoms with Gasteiger partial charge in [0, 0.05) is 37.9 Å². The summed E-state index contributed by atoms with van der Waals surface area (Å²) in [7, 11) is 2.43. The summed E-state index contributed by atoms with van der Waals surface area (Å²) in [4.78, 5) is 38.9. The van der Waals surface area contributed by atoms with Crippen LogP contribution in [-0.2, 0) is 28.6 Å². The minimum Gasteiger partial charge on any atom is -0.481 e. The Balaban J connectivity index is 1.26. The molecule has 0 bridgehead atoms. The number of hydrogen-bond donors (Lipinski definition) is 1. The van der Waals surface area contributed by atoms with E-state index < -0.39 is 5.97 Å². The lowest BCUT2D eigenvalue weighted by Gasteiger charge is -2.62. The molecule has 6 aliphatic rings. The Bertz CT molecular complexity index is 1090. The number of carbonyl (C=O) groups is 3. The molecule has 6 rings (SSSR count). The van der Waals surface area contributed by atoms with Gasteiger partial charge in [0.05, 0.1) is 46.2 Å². The highest BCUT2D eigenvalue weighted by Gasteiger charge is 2.67. The summed E-state index contributed by atoms with van der Waals surface area (Å²) in [6.45, 7) is 12.0. The summed E-state index contributed by atoms with van der Waals surface area (Å²) in [5, 5.41) is 9.11. The van der Waals surface area contributed by atoms with Gasteiger partial charge in [-0.25, -0.2) is 0 Å². The molecule has 248 valence electrons. The molecule has 0 aromatic heterocycles. The molecular weight excluding hydrogens is 560 g/mol. The molecule has 9 nitrogen and oxygen atoms in total. The molecule has 2 saturated heterocycles. The van der Waals surface area contributed by atoms with Crippen molar-refractivity contribution in [1.82, 2.24) is 4.90 Å². The first-order chi connectivity index (χ1) is 20.9. The Morgan fingerprint density at radius 2 is 1.66 bits per heavy atom. The predicted octanol–water partition coefficient (Wildman–Crippen LogP) is 4.66. The summed E-state index contributed by atoms with van der Waals surface area (Å²) in [5.41, 5.74) is 0.162. The van der Waals surface area contributed by atoms with Crippen molar-refractivity contribution < 1.29 is 38.2 Å². The van der Waals surface area contributed by atoms with Gasteiger partial charge in [0.1, 0.15) is 12.1 Å². The third kappa shape index (κ3) is 5.83. The quantitative estimate of drug-likeness (QED) is 0.325. The third-order valence-electron chi connectivity index (χ3n) is 13.9. The van der Waals surface area contributed by atoms with Crippen LogP contribution in [0.5, 0.6) is 0 Å². The number of rotatable bonds is 7. The number of piperidine rings is 1. The Labute approximate surface area is 263 Å². The minimum absolute atomic E-state index is 0.0124. The Kier molecular flexibility index (Phi) is 9.14. The van der Waals surface area contributed by atoms with Crippen molar-refractivity contribution in [3.63, 3.8) is 0 Å². The maximum atomic E-state index is 12.8. The molecule has 0 spiro atoms. The second-order valence-corrected chi connectivity index (χ2v) is 16.1. The fraction of sp³-hybridized carbons (Fsp3) is 0.914. The van der Waals surface area contributed by atoms with E-state index in [9.17, 15) is 14.4 Å². The van der Waals surface area contributed by atoms with Gasteiger partial charge in [-0.3, -0.25) is 19.3 Å². The van der Waals surface area contributed by atoms with Crippen LogP contribution in [0.1, 0.15) is 97.8 Å². The number of quaternary nitrogens is 1. The van der Waals surface area contributed by atoms with E-state index >= 15 is 0 Å². The lowest BCUT2D eigenvalue weighted by Crippen LogP contribution is -2.62. The van der Waals surface area contributed by atoms with Gasteiger partial charge in [-0.1, -0.05) is 13.8 Å². The number of carbonyl (C=O) groups excluding carboxylic acids is 2. The summed E-state index contributed by atoms with van der Waals surface area (Å²) in [6.07, 6.45) is 11.0. The lowest BCUT2D eigenvalue weighted by molar-refractivity contribution is -0.940. The second-order valence-electron chi connectivity index (χ2n) is 16.1. The molecule has 9 heteroatoms. The number of morpholine rings is 1. The number of carboxylic acid groups (broad SMARTS) is 1. The zero-order chi connectivity index (χ0) is 31.3. The molecule has 4 saturated carbocycles. The van der Waals surface area contributed by atoms with Crippen LogP contribution in [0.2, 0.25) is 0 Å². The van der Waals surface area contributed by atoms with E-state index in [0.29, 0.717) is 42.9 Å². The van der Waals surface area contributed by atoms with Crippen molar-refractivity contribution in [2.45, 2.75) is 122 Å². The van der Waals surface area contributed by atoms with Crippen LogP contribution < -0.4 is 0 Å². The first kappa shape index (κ1) is 32.2.